The molecule has 1 fully saturated rings. The molecule has 2 heterocycles. The summed E-state index contributed by atoms with van der Waals surface area (Å²) in [5.74, 6) is -0.629. The zero-order valence-electron chi connectivity index (χ0n) is 16.3. The average Bonchev–Trinajstić information content (AvgIpc) is 3.23. The molecular formula is C20H16F4N4O3S. The van der Waals surface area contributed by atoms with Crippen molar-refractivity contribution in [2.45, 2.75) is 23.5 Å². The van der Waals surface area contributed by atoms with E-state index in [-0.39, 0.29) is 18.2 Å². The highest BCUT2D eigenvalue weighted by Gasteiger charge is 2.40. The minimum absolute atomic E-state index is 0.175. The number of hydrogen-bond donors (Lipinski definition) is 1. The minimum atomic E-state index is -4.87. The molecule has 0 radical (unpaired) electrons. The molecule has 1 aromatic heterocycles. The molecule has 32 heavy (non-hydrogen) atoms. The molecule has 1 N–H and O–H groups in total. The molecule has 1 aliphatic rings. The van der Waals surface area contributed by atoms with Crippen LogP contribution in [-0.4, -0.2) is 25.0 Å². The number of hydrogen-bond acceptors (Lipinski definition) is 7. The van der Waals surface area contributed by atoms with Crippen molar-refractivity contribution in [3.8, 4) is 0 Å². The van der Waals surface area contributed by atoms with Crippen molar-refractivity contribution in [1.82, 2.24) is 9.97 Å². The minimum Gasteiger partial charge on any atom is -0.324 e. The van der Waals surface area contributed by atoms with Crippen LogP contribution in [0.3, 0.4) is 0 Å². The summed E-state index contributed by atoms with van der Waals surface area (Å²) in [6, 6.07) is 13.0. The van der Waals surface area contributed by atoms with Gasteiger partial charge >= 0.3 is 16.4 Å². The van der Waals surface area contributed by atoms with Crippen molar-refractivity contribution in [2.75, 3.05) is 17.0 Å². The number of benzene rings is 2. The van der Waals surface area contributed by atoms with Crippen LogP contribution in [0.5, 0.6) is 0 Å². The van der Waals surface area contributed by atoms with Gasteiger partial charge in [0, 0.05) is 18.3 Å². The third kappa shape index (κ3) is 4.65. The summed E-state index contributed by atoms with van der Waals surface area (Å²) in [6.07, 6.45) is -3.61. The molecule has 0 aliphatic carbocycles. The number of anilines is 3. The molecule has 0 spiro atoms. The molecule has 12 heteroatoms. The van der Waals surface area contributed by atoms with E-state index in [0.717, 1.165) is 22.8 Å². The lowest BCUT2D eigenvalue weighted by Crippen LogP contribution is -2.26. The predicted molar refractivity (Wildman–Crippen MR) is 107 cm³/mol. The summed E-state index contributed by atoms with van der Waals surface area (Å²) in [5, 5.41) is 3.82. The van der Waals surface area contributed by atoms with Crippen LogP contribution >= 0.6 is 0 Å². The highest BCUT2D eigenvalue weighted by molar-refractivity contribution is 7.86. The first-order valence-corrected chi connectivity index (χ1v) is 10.7. The Hall–Kier alpha value is -3.25. The van der Waals surface area contributed by atoms with Crippen molar-refractivity contribution >= 4 is 27.7 Å². The molecule has 1 saturated heterocycles. The maximum absolute atomic E-state index is 13.7. The number of nitrogens with zero attached hydrogens (tertiary/aromatic N) is 3. The van der Waals surface area contributed by atoms with Crippen molar-refractivity contribution in [1.29, 1.82) is 0 Å². The van der Waals surface area contributed by atoms with Gasteiger partial charge in [-0.25, -0.2) is 10.0 Å². The van der Waals surface area contributed by atoms with Gasteiger partial charge in [0.2, 0.25) is 5.95 Å². The molecule has 0 saturated carbocycles. The summed E-state index contributed by atoms with van der Waals surface area (Å²) < 4.78 is 75.9. The van der Waals surface area contributed by atoms with Crippen molar-refractivity contribution in [3.63, 3.8) is 0 Å². The summed E-state index contributed by atoms with van der Waals surface area (Å²) in [5.41, 5.74) is -0.0379. The Labute approximate surface area is 180 Å². The van der Waals surface area contributed by atoms with E-state index in [1.54, 1.807) is 30.3 Å². The largest absolute Gasteiger partial charge is 0.421 e. The molecular weight excluding hydrogens is 452 g/mol. The average molecular weight is 468 g/mol. The first kappa shape index (κ1) is 22.0. The first-order valence-electron chi connectivity index (χ1n) is 9.36. The number of halogens is 4. The Balaban J connectivity index is 1.69. The number of hydroxylamine groups is 1. The third-order valence-electron chi connectivity index (χ3n) is 4.76. The van der Waals surface area contributed by atoms with Crippen LogP contribution in [-0.2, 0) is 21.2 Å². The Bertz CT molecular complexity index is 1210. The van der Waals surface area contributed by atoms with Gasteiger partial charge in [-0.3, -0.25) is 4.84 Å². The van der Waals surface area contributed by atoms with Crippen LogP contribution in [0.15, 0.2) is 65.7 Å². The summed E-state index contributed by atoms with van der Waals surface area (Å²) in [7, 11) is -4.87. The lowest BCUT2D eigenvalue weighted by atomic mass is 10.0. The third-order valence-corrected chi connectivity index (χ3v) is 5.60. The highest BCUT2D eigenvalue weighted by Crippen LogP contribution is 2.41. The van der Waals surface area contributed by atoms with E-state index in [0.29, 0.717) is 12.6 Å². The van der Waals surface area contributed by atoms with Gasteiger partial charge in [-0.1, -0.05) is 30.3 Å². The van der Waals surface area contributed by atoms with Crippen LogP contribution in [0.4, 0.5) is 34.5 Å². The van der Waals surface area contributed by atoms with Crippen LogP contribution < -0.4 is 10.4 Å². The fraction of sp³-hybridized carbons (Fsp3) is 0.200. The maximum atomic E-state index is 13.7. The van der Waals surface area contributed by atoms with Crippen LogP contribution in [0.25, 0.3) is 0 Å². The Morgan fingerprint density at radius 1 is 1.06 bits per heavy atom. The fourth-order valence-electron chi connectivity index (χ4n) is 3.29. The first-order chi connectivity index (χ1) is 15.1. The molecule has 168 valence electrons. The second-order valence-corrected chi connectivity index (χ2v) is 8.24. The predicted octanol–water partition coefficient (Wildman–Crippen LogP) is 4.78. The normalized spacial score (nSPS) is 16.9. The SMILES string of the molecule is O=S(=O)(F)c1ccc(Nc2ncc(C(F)(F)F)c(N3OCCC3c3ccccc3)n2)cc1. The van der Waals surface area contributed by atoms with E-state index in [2.05, 4.69) is 15.3 Å². The van der Waals surface area contributed by atoms with Gasteiger partial charge in [0.05, 0.1) is 17.5 Å². The van der Waals surface area contributed by atoms with Crippen LogP contribution in [0.2, 0.25) is 0 Å². The fourth-order valence-corrected chi connectivity index (χ4v) is 3.75. The number of alkyl halides is 3. The zero-order chi connectivity index (χ0) is 22.9. The van der Waals surface area contributed by atoms with Crippen LogP contribution in [0, 0.1) is 0 Å². The molecule has 1 unspecified atom stereocenters. The Morgan fingerprint density at radius 2 is 1.75 bits per heavy atom. The molecule has 3 aromatic rings. The molecule has 7 nitrogen and oxygen atoms in total. The monoisotopic (exact) mass is 468 g/mol. The van der Waals surface area contributed by atoms with E-state index in [4.69, 9.17) is 4.84 Å². The molecule has 0 bridgehead atoms. The van der Waals surface area contributed by atoms with E-state index in [9.17, 15) is 25.5 Å². The lowest BCUT2D eigenvalue weighted by molar-refractivity contribution is -0.138. The molecule has 2 aromatic carbocycles. The second kappa shape index (κ2) is 8.36. The van der Waals surface area contributed by atoms with E-state index < -0.39 is 38.7 Å². The highest BCUT2D eigenvalue weighted by atomic mass is 32.3. The summed E-state index contributed by atoms with van der Waals surface area (Å²) >= 11 is 0. The van der Waals surface area contributed by atoms with E-state index >= 15 is 0 Å². The van der Waals surface area contributed by atoms with Gasteiger partial charge in [-0.15, -0.1) is 3.89 Å². The number of nitrogens with one attached hydrogen (secondary N) is 1. The standard InChI is InChI=1S/C20H16F4N4O3S/c21-20(22,23)16-12-25-19(26-14-6-8-15(9-7-14)32(24,29)30)27-18(16)28-17(10-11-31-28)13-4-2-1-3-5-13/h1-9,12,17H,10-11H2,(H,25,26,27). The zero-order valence-corrected chi connectivity index (χ0v) is 17.1. The molecule has 1 aliphatic heterocycles. The Kier molecular flexibility index (Phi) is 5.73. The summed E-state index contributed by atoms with van der Waals surface area (Å²) in [6.45, 7) is 0.211. The molecule has 4 rings (SSSR count). The number of aromatic nitrogens is 2. The Morgan fingerprint density at radius 3 is 2.38 bits per heavy atom. The smallest absolute Gasteiger partial charge is 0.324 e. The van der Waals surface area contributed by atoms with Crippen LogP contribution in [0.1, 0.15) is 23.6 Å². The second-order valence-electron chi connectivity index (χ2n) is 6.89. The molecule has 0 amide bonds. The molecule has 1 atom stereocenters. The van der Waals surface area contributed by atoms with Gasteiger partial charge < -0.3 is 5.32 Å². The topological polar surface area (TPSA) is 84.4 Å². The van der Waals surface area contributed by atoms with Gasteiger partial charge in [0.1, 0.15) is 5.56 Å². The van der Waals surface area contributed by atoms with Gasteiger partial charge in [-0.05, 0) is 29.8 Å². The quantitative estimate of drug-likeness (QED) is 0.426. The van der Waals surface area contributed by atoms with Crippen molar-refractivity contribution in [2.24, 2.45) is 0 Å². The van der Waals surface area contributed by atoms with Gasteiger partial charge in [0.15, 0.2) is 5.82 Å². The van der Waals surface area contributed by atoms with Crippen molar-refractivity contribution in [3.05, 3.63) is 71.9 Å². The van der Waals surface area contributed by atoms with Gasteiger partial charge in [0.25, 0.3) is 0 Å². The van der Waals surface area contributed by atoms with Gasteiger partial charge in [-0.2, -0.15) is 26.6 Å². The number of rotatable bonds is 5. The van der Waals surface area contributed by atoms with Crippen molar-refractivity contribution < 1.29 is 30.3 Å². The van der Waals surface area contributed by atoms with E-state index in [1.165, 1.54) is 12.1 Å². The maximum Gasteiger partial charge on any atom is 0.421 e. The van der Waals surface area contributed by atoms with E-state index in [1.807, 2.05) is 0 Å². The lowest BCUT2D eigenvalue weighted by Gasteiger charge is -2.26. The summed E-state index contributed by atoms with van der Waals surface area (Å²) in [4.78, 5) is 12.7.